The number of aromatic hydroxyl groups is 1. The monoisotopic (exact) mass is 403 g/mol. The molecular formula is C25H25NO4. The van der Waals surface area contributed by atoms with E-state index in [4.69, 9.17) is 4.74 Å². The van der Waals surface area contributed by atoms with Gasteiger partial charge in [0.15, 0.2) is 17.3 Å². The Hall–Kier alpha value is -3.60. The second-order valence-electron chi connectivity index (χ2n) is 7.09. The fraction of sp³-hybridized carbons (Fsp3) is 0.200. The van der Waals surface area contributed by atoms with E-state index >= 15 is 0 Å². The van der Waals surface area contributed by atoms with Crippen LogP contribution in [-0.4, -0.2) is 30.5 Å². The highest BCUT2D eigenvalue weighted by Gasteiger charge is 2.17. The summed E-state index contributed by atoms with van der Waals surface area (Å²) in [5.74, 6) is -0.0600. The lowest BCUT2D eigenvalue weighted by atomic mass is 9.95. The first-order valence-electron chi connectivity index (χ1n) is 9.83. The van der Waals surface area contributed by atoms with Gasteiger partial charge in [0.1, 0.15) is 0 Å². The number of phenolic OH excluding ortho intramolecular Hbond substituents is 1. The van der Waals surface area contributed by atoms with Crippen LogP contribution in [0.4, 0.5) is 0 Å². The Labute approximate surface area is 176 Å². The molecule has 3 rings (SSSR count). The van der Waals surface area contributed by atoms with E-state index in [1.165, 1.54) is 7.11 Å². The summed E-state index contributed by atoms with van der Waals surface area (Å²) in [7, 11) is 1.50. The summed E-state index contributed by atoms with van der Waals surface area (Å²) < 4.78 is 5.11. The van der Waals surface area contributed by atoms with Gasteiger partial charge < -0.3 is 15.2 Å². The van der Waals surface area contributed by atoms with Crippen molar-refractivity contribution in [2.24, 2.45) is 0 Å². The minimum absolute atomic E-state index is 0.0636. The molecule has 1 atom stereocenters. The molecule has 0 saturated carbocycles. The average Bonchev–Trinajstić information content (AvgIpc) is 2.79. The topological polar surface area (TPSA) is 75.6 Å². The maximum atomic E-state index is 12.7. The second kappa shape index (κ2) is 9.74. The van der Waals surface area contributed by atoms with Crippen molar-refractivity contribution in [2.45, 2.75) is 19.3 Å². The molecule has 3 aromatic rings. The van der Waals surface area contributed by atoms with Gasteiger partial charge in [-0.05, 0) is 42.7 Å². The molecule has 2 N–H and O–H groups in total. The van der Waals surface area contributed by atoms with E-state index in [1.54, 1.807) is 48.5 Å². The van der Waals surface area contributed by atoms with Gasteiger partial charge in [0.25, 0.3) is 0 Å². The molecule has 0 heterocycles. The molecule has 0 spiro atoms. The standard InChI is InChI=1S/C25H25NO4/c1-17(25(29)26-14-13-18-11-12-22(27)23(15-18)30-2)20-9-6-10-21(16-20)24(28)19-7-4-3-5-8-19/h3-12,15-17,27H,13-14H2,1-2H3,(H,26,29)/t17-/m0/s1. The number of ether oxygens (including phenoxy) is 1. The van der Waals surface area contributed by atoms with Gasteiger partial charge in [-0.3, -0.25) is 9.59 Å². The molecule has 0 radical (unpaired) electrons. The van der Waals surface area contributed by atoms with Crippen molar-refractivity contribution in [1.29, 1.82) is 0 Å². The van der Waals surface area contributed by atoms with Crippen molar-refractivity contribution in [3.8, 4) is 11.5 Å². The Kier molecular flexibility index (Phi) is 6.86. The molecule has 0 unspecified atom stereocenters. The fourth-order valence-electron chi connectivity index (χ4n) is 3.22. The zero-order valence-electron chi connectivity index (χ0n) is 17.1. The maximum Gasteiger partial charge on any atom is 0.227 e. The number of hydrogen-bond acceptors (Lipinski definition) is 4. The van der Waals surface area contributed by atoms with Crippen LogP contribution in [0.25, 0.3) is 0 Å². The first kappa shape index (κ1) is 21.1. The molecule has 3 aromatic carbocycles. The summed E-state index contributed by atoms with van der Waals surface area (Å²) >= 11 is 0. The fourth-order valence-corrected chi connectivity index (χ4v) is 3.22. The number of rotatable bonds is 8. The van der Waals surface area contributed by atoms with Crippen LogP contribution in [0, 0.1) is 0 Å². The third kappa shape index (κ3) is 5.06. The third-order valence-electron chi connectivity index (χ3n) is 5.04. The number of nitrogens with one attached hydrogen (secondary N) is 1. The summed E-state index contributed by atoms with van der Waals surface area (Å²) in [4.78, 5) is 25.3. The smallest absolute Gasteiger partial charge is 0.227 e. The molecular weight excluding hydrogens is 378 g/mol. The van der Waals surface area contributed by atoms with Gasteiger partial charge in [0.05, 0.1) is 13.0 Å². The van der Waals surface area contributed by atoms with E-state index in [9.17, 15) is 14.7 Å². The normalized spacial score (nSPS) is 11.5. The number of amides is 1. The first-order valence-corrected chi connectivity index (χ1v) is 9.83. The summed E-state index contributed by atoms with van der Waals surface area (Å²) in [5.41, 5.74) is 2.93. The quantitative estimate of drug-likeness (QED) is 0.556. The molecule has 0 aliphatic carbocycles. The van der Waals surface area contributed by atoms with Crippen LogP contribution in [0.5, 0.6) is 11.5 Å². The Bertz CT molecular complexity index is 1030. The van der Waals surface area contributed by atoms with Gasteiger partial charge in [-0.25, -0.2) is 0 Å². The van der Waals surface area contributed by atoms with E-state index in [-0.39, 0.29) is 23.4 Å². The van der Waals surface area contributed by atoms with Crippen molar-refractivity contribution >= 4 is 11.7 Å². The number of hydrogen-bond donors (Lipinski definition) is 2. The number of methoxy groups -OCH3 is 1. The number of carbonyl (C=O) groups is 2. The predicted molar refractivity (Wildman–Crippen MR) is 116 cm³/mol. The van der Waals surface area contributed by atoms with E-state index < -0.39 is 0 Å². The van der Waals surface area contributed by atoms with E-state index in [0.717, 1.165) is 11.1 Å². The minimum atomic E-state index is -0.386. The molecule has 30 heavy (non-hydrogen) atoms. The van der Waals surface area contributed by atoms with Crippen molar-refractivity contribution < 1.29 is 19.4 Å². The highest BCUT2D eigenvalue weighted by molar-refractivity contribution is 6.09. The van der Waals surface area contributed by atoms with Crippen molar-refractivity contribution in [3.63, 3.8) is 0 Å². The van der Waals surface area contributed by atoms with Crippen LogP contribution < -0.4 is 10.1 Å². The Morgan fingerprint density at radius 2 is 1.70 bits per heavy atom. The van der Waals surface area contributed by atoms with Gasteiger partial charge >= 0.3 is 0 Å². The average molecular weight is 403 g/mol. The lowest BCUT2D eigenvalue weighted by molar-refractivity contribution is -0.122. The van der Waals surface area contributed by atoms with Gasteiger partial charge in [0, 0.05) is 17.7 Å². The molecule has 0 fully saturated rings. The lowest BCUT2D eigenvalue weighted by Gasteiger charge is -2.14. The summed E-state index contributed by atoms with van der Waals surface area (Å²) in [6.45, 7) is 2.28. The molecule has 5 heteroatoms. The van der Waals surface area contributed by atoms with Gasteiger partial charge in [-0.1, -0.05) is 54.6 Å². The van der Waals surface area contributed by atoms with Crippen molar-refractivity contribution in [2.75, 3.05) is 13.7 Å². The molecule has 5 nitrogen and oxygen atoms in total. The minimum Gasteiger partial charge on any atom is -0.504 e. The van der Waals surface area contributed by atoms with Crippen LogP contribution in [0.15, 0.2) is 72.8 Å². The Morgan fingerprint density at radius 3 is 2.43 bits per heavy atom. The summed E-state index contributed by atoms with van der Waals surface area (Å²) in [5, 5.41) is 12.6. The molecule has 0 bridgehead atoms. The number of benzene rings is 3. The van der Waals surface area contributed by atoms with Gasteiger partial charge in [-0.2, -0.15) is 0 Å². The van der Waals surface area contributed by atoms with Crippen LogP contribution in [0.3, 0.4) is 0 Å². The van der Waals surface area contributed by atoms with E-state index in [2.05, 4.69) is 5.32 Å². The number of carbonyl (C=O) groups excluding carboxylic acids is 2. The van der Waals surface area contributed by atoms with E-state index in [1.807, 2.05) is 31.2 Å². The SMILES string of the molecule is COc1cc(CCNC(=O)[C@@H](C)c2cccc(C(=O)c3ccccc3)c2)ccc1O. The number of phenols is 1. The number of ketones is 1. The highest BCUT2D eigenvalue weighted by Crippen LogP contribution is 2.26. The van der Waals surface area contributed by atoms with Crippen molar-refractivity contribution in [3.05, 3.63) is 95.1 Å². The predicted octanol–water partition coefficient (Wildman–Crippen LogP) is 4.09. The molecule has 154 valence electrons. The molecule has 0 saturated heterocycles. The largest absolute Gasteiger partial charge is 0.504 e. The summed E-state index contributed by atoms with van der Waals surface area (Å²) in [6, 6.07) is 21.4. The maximum absolute atomic E-state index is 12.7. The molecule has 0 aliphatic heterocycles. The molecule has 0 aliphatic rings. The van der Waals surface area contributed by atoms with Crippen molar-refractivity contribution in [1.82, 2.24) is 5.32 Å². The summed E-state index contributed by atoms with van der Waals surface area (Å²) in [6.07, 6.45) is 0.613. The van der Waals surface area contributed by atoms with Crippen LogP contribution in [-0.2, 0) is 11.2 Å². The van der Waals surface area contributed by atoms with Gasteiger partial charge in [-0.15, -0.1) is 0 Å². The van der Waals surface area contributed by atoms with Crippen LogP contribution in [0.2, 0.25) is 0 Å². The third-order valence-corrected chi connectivity index (χ3v) is 5.04. The zero-order chi connectivity index (χ0) is 21.5. The van der Waals surface area contributed by atoms with Gasteiger partial charge in [0.2, 0.25) is 5.91 Å². The Balaban J connectivity index is 1.61. The zero-order valence-corrected chi connectivity index (χ0v) is 17.1. The molecule has 0 aromatic heterocycles. The molecule has 1 amide bonds. The Morgan fingerprint density at radius 1 is 0.967 bits per heavy atom. The first-order chi connectivity index (χ1) is 14.5. The lowest BCUT2D eigenvalue weighted by Crippen LogP contribution is -2.29. The second-order valence-corrected chi connectivity index (χ2v) is 7.09. The van der Waals surface area contributed by atoms with Crippen LogP contribution in [0.1, 0.15) is 39.9 Å². The highest BCUT2D eigenvalue weighted by atomic mass is 16.5. The van der Waals surface area contributed by atoms with E-state index in [0.29, 0.717) is 29.8 Å². The van der Waals surface area contributed by atoms with Crippen LogP contribution >= 0.6 is 0 Å².